The van der Waals surface area contributed by atoms with Gasteiger partial charge in [0.25, 0.3) is 0 Å². The molecule has 280 valence electrons. The van der Waals surface area contributed by atoms with Crippen LogP contribution < -0.4 is 9.80 Å². The first-order valence-electron chi connectivity index (χ1n) is 19.4. The summed E-state index contributed by atoms with van der Waals surface area (Å²) in [6, 6.07) is 57.5. The third-order valence-electron chi connectivity index (χ3n) is 11.4. The van der Waals surface area contributed by atoms with E-state index in [0.29, 0.717) is 28.0 Å². The molecule has 9 aromatic carbocycles. The average Bonchev–Trinajstić information content (AvgIpc) is 3.98. The van der Waals surface area contributed by atoms with Crippen LogP contribution in [-0.2, 0) is 0 Å². The Morgan fingerprint density at radius 3 is 1.19 bits per heavy atom. The molecule has 0 unspecified atom stereocenters. The van der Waals surface area contributed by atoms with Gasteiger partial charge in [-0.2, -0.15) is 0 Å². The number of anilines is 6. The van der Waals surface area contributed by atoms with Crippen molar-refractivity contribution in [1.82, 2.24) is 0 Å². The van der Waals surface area contributed by atoms with E-state index in [2.05, 4.69) is 52.3 Å². The van der Waals surface area contributed by atoms with Gasteiger partial charge in [0, 0.05) is 49.1 Å². The zero-order valence-corrected chi connectivity index (χ0v) is 31.2. The largest absolute Gasteiger partial charge is 0.454 e. The molecule has 59 heavy (non-hydrogen) atoms. The van der Waals surface area contributed by atoms with Crippen LogP contribution in [0.5, 0.6) is 0 Å². The molecule has 0 spiro atoms. The second kappa shape index (κ2) is 12.8. The molecule has 5 nitrogen and oxygen atoms in total. The van der Waals surface area contributed by atoms with Crippen molar-refractivity contribution in [1.29, 1.82) is 0 Å². The van der Waals surface area contributed by atoms with Gasteiger partial charge in [-0.1, -0.05) is 103 Å². The molecule has 3 aromatic heterocycles. The normalized spacial score (nSPS) is 11.9. The molecular formula is C52H30F2N2O3. The summed E-state index contributed by atoms with van der Waals surface area (Å²) >= 11 is 0. The van der Waals surface area contributed by atoms with Gasteiger partial charge in [-0.25, -0.2) is 8.78 Å². The predicted molar refractivity (Wildman–Crippen MR) is 235 cm³/mol. The molecule has 12 rings (SSSR count). The minimum atomic E-state index is -0.348. The van der Waals surface area contributed by atoms with E-state index < -0.39 is 0 Å². The molecule has 0 atom stereocenters. The first kappa shape index (κ1) is 33.3. The minimum Gasteiger partial charge on any atom is -0.454 e. The molecule has 0 N–H and O–H groups in total. The Labute approximate surface area is 335 Å². The molecular weight excluding hydrogens is 739 g/mol. The highest BCUT2D eigenvalue weighted by Crippen LogP contribution is 2.55. The molecule has 0 aliphatic carbocycles. The molecule has 0 saturated heterocycles. The highest BCUT2D eigenvalue weighted by atomic mass is 19.1. The Balaban J connectivity index is 1.25. The summed E-state index contributed by atoms with van der Waals surface area (Å²) in [5, 5.41) is 7.36. The highest BCUT2D eigenvalue weighted by Gasteiger charge is 2.31. The summed E-state index contributed by atoms with van der Waals surface area (Å²) in [6.07, 6.45) is 0. The molecule has 0 aliphatic rings. The van der Waals surface area contributed by atoms with Crippen molar-refractivity contribution in [2.75, 3.05) is 9.80 Å². The smallest absolute Gasteiger partial charge is 0.162 e. The van der Waals surface area contributed by atoms with E-state index in [9.17, 15) is 8.78 Å². The monoisotopic (exact) mass is 768 g/mol. The van der Waals surface area contributed by atoms with Crippen molar-refractivity contribution in [3.63, 3.8) is 0 Å². The van der Waals surface area contributed by atoms with Crippen LogP contribution in [0.4, 0.5) is 42.9 Å². The maximum Gasteiger partial charge on any atom is 0.162 e. The predicted octanol–water partition coefficient (Wildman–Crippen LogP) is 15.8. The molecule has 0 saturated carbocycles. The lowest BCUT2D eigenvalue weighted by Gasteiger charge is -2.31. The second-order valence-electron chi connectivity index (χ2n) is 14.7. The Morgan fingerprint density at radius 2 is 0.678 bits per heavy atom. The standard InChI is InChI=1S/C52H30F2N2O3/c53-31-23-27-33(28-24-31)55(42-18-9-16-39-35-11-3-6-20-44(35)57-50(39)42)48-37-13-1-2-14-38(37)49(52-47(48)41-15-5-8-22-46(41)59-52)56(34-29-25-32(54)26-30-34)43-19-10-17-40-36-12-4-7-21-45(36)58-51(40)43/h1-30H. The second-order valence-corrected chi connectivity index (χ2v) is 14.7. The third kappa shape index (κ3) is 5.01. The van der Waals surface area contributed by atoms with Gasteiger partial charge in [0.1, 0.15) is 28.4 Å². The first-order chi connectivity index (χ1) is 29.1. The van der Waals surface area contributed by atoms with E-state index >= 15 is 0 Å². The minimum absolute atomic E-state index is 0.343. The Bertz CT molecular complexity index is 3600. The number of furan rings is 3. The van der Waals surface area contributed by atoms with E-state index in [1.165, 1.54) is 24.3 Å². The molecule has 0 amide bonds. The number of rotatable bonds is 6. The van der Waals surface area contributed by atoms with Gasteiger partial charge in [0.15, 0.2) is 16.7 Å². The molecule has 7 heteroatoms. The lowest BCUT2D eigenvalue weighted by Crippen LogP contribution is -2.14. The number of hydrogen-bond donors (Lipinski definition) is 0. The van der Waals surface area contributed by atoms with Crippen molar-refractivity contribution in [2.45, 2.75) is 0 Å². The van der Waals surface area contributed by atoms with Gasteiger partial charge in [-0.15, -0.1) is 0 Å². The summed E-state index contributed by atoms with van der Waals surface area (Å²) in [6.45, 7) is 0. The maximum atomic E-state index is 14.8. The Morgan fingerprint density at radius 1 is 0.305 bits per heavy atom. The van der Waals surface area contributed by atoms with Gasteiger partial charge in [-0.05, 0) is 78.9 Å². The van der Waals surface area contributed by atoms with Gasteiger partial charge in [0.2, 0.25) is 0 Å². The fourth-order valence-electron chi connectivity index (χ4n) is 8.83. The summed E-state index contributed by atoms with van der Waals surface area (Å²) in [5.41, 5.74) is 8.72. The van der Waals surface area contributed by atoms with E-state index in [4.69, 9.17) is 13.3 Å². The summed E-state index contributed by atoms with van der Waals surface area (Å²) in [5.74, 6) is -0.691. The molecule has 0 fully saturated rings. The number of para-hydroxylation sites is 5. The maximum absolute atomic E-state index is 14.8. The molecule has 12 aromatic rings. The molecule has 0 radical (unpaired) electrons. The number of benzene rings is 9. The lowest BCUT2D eigenvalue weighted by atomic mass is 9.97. The van der Waals surface area contributed by atoms with E-state index in [1.54, 1.807) is 24.3 Å². The quantitative estimate of drug-likeness (QED) is 0.158. The van der Waals surface area contributed by atoms with Crippen LogP contribution in [0.15, 0.2) is 195 Å². The summed E-state index contributed by atoms with van der Waals surface area (Å²) < 4.78 is 50.0. The Hall–Kier alpha value is -7.90. The van der Waals surface area contributed by atoms with Crippen LogP contribution in [0.1, 0.15) is 0 Å². The van der Waals surface area contributed by atoms with Crippen LogP contribution in [0.2, 0.25) is 0 Å². The van der Waals surface area contributed by atoms with Crippen molar-refractivity contribution in [3.05, 3.63) is 194 Å². The van der Waals surface area contributed by atoms with Crippen LogP contribution in [0, 0.1) is 11.6 Å². The number of hydrogen-bond acceptors (Lipinski definition) is 5. The first-order valence-corrected chi connectivity index (χ1v) is 19.4. The number of nitrogens with zero attached hydrogens (tertiary/aromatic N) is 2. The van der Waals surface area contributed by atoms with E-state index in [1.807, 2.05) is 91.0 Å². The topological polar surface area (TPSA) is 45.9 Å². The van der Waals surface area contributed by atoms with Crippen LogP contribution >= 0.6 is 0 Å². The van der Waals surface area contributed by atoms with Gasteiger partial charge >= 0.3 is 0 Å². The van der Waals surface area contributed by atoms with Crippen molar-refractivity contribution < 1.29 is 22.0 Å². The summed E-state index contributed by atoms with van der Waals surface area (Å²) in [7, 11) is 0. The van der Waals surface area contributed by atoms with Crippen molar-refractivity contribution in [3.8, 4) is 0 Å². The molecule has 0 aliphatic heterocycles. The zero-order chi connectivity index (χ0) is 39.2. The molecule has 0 bridgehead atoms. The van der Waals surface area contributed by atoms with Crippen molar-refractivity contribution in [2.24, 2.45) is 0 Å². The number of halogens is 2. The van der Waals surface area contributed by atoms with Crippen LogP contribution in [0.25, 0.3) is 76.6 Å². The van der Waals surface area contributed by atoms with Crippen molar-refractivity contribution >= 4 is 111 Å². The third-order valence-corrected chi connectivity index (χ3v) is 11.4. The SMILES string of the molecule is Fc1ccc(N(c2cccc3c2oc2ccccc23)c2c3ccccc3c(N(c3ccc(F)cc3)c3cccc4c3oc3ccccc34)c3c2oc2ccccc23)cc1. The van der Waals surface area contributed by atoms with Crippen LogP contribution in [-0.4, -0.2) is 0 Å². The fraction of sp³-hybridized carbons (Fsp3) is 0. The van der Waals surface area contributed by atoms with Gasteiger partial charge < -0.3 is 23.1 Å². The fourth-order valence-corrected chi connectivity index (χ4v) is 8.83. The molecule has 3 heterocycles. The summed E-state index contributed by atoms with van der Waals surface area (Å²) in [4.78, 5) is 4.27. The van der Waals surface area contributed by atoms with Gasteiger partial charge in [0.05, 0.1) is 28.1 Å². The highest BCUT2D eigenvalue weighted by molar-refractivity contribution is 6.29. The number of fused-ring (bicyclic) bond motifs is 10. The van der Waals surface area contributed by atoms with E-state index in [-0.39, 0.29) is 11.6 Å². The lowest BCUT2D eigenvalue weighted by molar-refractivity contribution is 0.627. The zero-order valence-electron chi connectivity index (χ0n) is 31.2. The van der Waals surface area contributed by atoms with E-state index in [0.717, 1.165) is 82.7 Å². The Kier molecular flexibility index (Phi) is 7.22. The van der Waals surface area contributed by atoms with Gasteiger partial charge in [-0.3, -0.25) is 0 Å². The average molecular weight is 769 g/mol. The van der Waals surface area contributed by atoms with Crippen LogP contribution in [0.3, 0.4) is 0 Å².